The Morgan fingerprint density at radius 2 is 1.41 bits per heavy atom. The van der Waals surface area contributed by atoms with Crippen LogP contribution in [0.1, 0.15) is 48.7 Å². The Morgan fingerprint density at radius 3 is 1.50 bits per heavy atom. The van der Waals surface area contributed by atoms with Gasteiger partial charge in [0.05, 0.1) is 2.74 Å². The molecule has 0 saturated heterocycles. The zero-order valence-electron chi connectivity index (χ0n) is 20.9. The van der Waals surface area contributed by atoms with Crippen LogP contribution in [0.25, 0.3) is 0 Å². The van der Waals surface area contributed by atoms with Gasteiger partial charge in [0.25, 0.3) is 0 Å². The molecule has 0 aromatic rings. The van der Waals surface area contributed by atoms with Crippen LogP contribution in [0.5, 0.6) is 0 Å². The smallest absolute Gasteiger partial charge is 0.394 e. The summed E-state index contributed by atoms with van der Waals surface area (Å²) in [6.07, 6.45) is -3.35. The highest BCUT2D eigenvalue weighted by Gasteiger charge is 2.16. The molecule has 22 heavy (non-hydrogen) atoms. The fourth-order valence-electron chi connectivity index (χ4n) is 0.321. The van der Waals surface area contributed by atoms with Crippen molar-refractivity contribution in [1.82, 2.24) is 0 Å². The van der Waals surface area contributed by atoms with E-state index in [2.05, 4.69) is 0 Å². The highest BCUT2D eigenvalue weighted by molar-refractivity contribution is 7.79. The van der Waals surface area contributed by atoms with Crippen molar-refractivity contribution in [2.45, 2.75) is 47.1 Å². The number of carbonyl (C=O) groups is 2. The van der Waals surface area contributed by atoms with Gasteiger partial charge >= 0.3 is 22.3 Å². The molecule has 0 aromatic carbocycles. The van der Waals surface area contributed by atoms with Crippen molar-refractivity contribution >= 4 is 22.3 Å². The molecule has 0 aliphatic heterocycles. The average molecular weight is 359 g/mol. The second-order valence-corrected chi connectivity index (χ2v) is 3.97. The van der Waals surface area contributed by atoms with Crippen LogP contribution in [0.2, 0.25) is 0 Å². The molecule has 0 rings (SSSR count). The maximum atomic E-state index is 10.4. The van der Waals surface area contributed by atoms with Crippen LogP contribution in [-0.4, -0.2) is 56.9 Å². The number of aliphatic carboxylic acids is 2. The monoisotopic (exact) mass is 359 g/mol. The average Bonchev–Trinajstić information content (AvgIpc) is 2.42. The summed E-state index contributed by atoms with van der Waals surface area (Å²) in [5.41, 5.74) is 4.94. The van der Waals surface area contributed by atoms with Crippen molar-refractivity contribution in [3.05, 3.63) is 0 Å². The molecule has 4 atom stereocenters. The number of hydrogen-bond donors (Lipinski definition) is 6. The Kier molecular flexibility index (Phi) is 6.88. The SMILES string of the molecule is C.O=S(=O)(O)O.[2H]C([2H])([2H])C([2H])(C)[C@]([2H])(N)C(=O)O.[2H]C([2H])([2H])C([2H])(C)[C@]([2H])(O)C(=O)O. The van der Waals surface area contributed by atoms with E-state index >= 15 is 0 Å². The van der Waals surface area contributed by atoms with E-state index in [0.29, 0.717) is 6.92 Å². The van der Waals surface area contributed by atoms with Gasteiger partial charge in [-0.2, -0.15) is 8.42 Å². The second-order valence-electron chi connectivity index (χ2n) is 3.07. The van der Waals surface area contributed by atoms with Crippen molar-refractivity contribution in [1.29, 1.82) is 0 Å². The molecule has 11 heteroatoms. The van der Waals surface area contributed by atoms with E-state index < -0.39 is 59.9 Å². The van der Waals surface area contributed by atoms with Gasteiger partial charge in [-0.1, -0.05) is 35.0 Å². The quantitative estimate of drug-likeness (QED) is 0.375. The number of aliphatic hydroxyl groups is 1. The standard InChI is InChI=1S/C5H11NO2.C5H10O3.CH4.H2O4S/c2*1-3(2)4(6)5(7)8;;1-5(2,3)4/h3-4H,6H2,1-2H3,(H,7,8);3-4,6H,1-2H3,(H,7,8);1H4;(H2,1,2,3,4)/t2*4-;;/m00../s1/i2*1D3,3D,4D;;/t2*3?,4-;;. The molecule has 0 amide bonds. The summed E-state index contributed by atoms with van der Waals surface area (Å²) >= 11 is 0. The van der Waals surface area contributed by atoms with Crippen molar-refractivity contribution in [3.8, 4) is 0 Å². The van der Waals surface area contributed by atoms with Gasteiger partial charge in [-0.15, -0.1) is 0 Å². The molecule has 0 spiro atoms. The first-order valence-corrected chi connectivity index (χ1v) is 5.96. The molecular weight excluding hydrogens is 322 g/mol. The lowest BCUT2D eigenvalue weighted by molar-refractivity contribution is -0.148. The topological polar surface area (TPSA) is 195 Å². The molecule has 0 aromatic heterocycles. The predicted molar refractivity (Wildman–Crippen MR) is 79.8 cm³/mol. The number of carboxylic acid groups (broad SMARTS) is 2. The highest BCUT2D eigenvalue weighted by Crippen LogP contribution is 1.99. The van der Waals surface area contributed by atoms with E-state index in [0.717, 1.165) is 6.92 Å². The van der Waals surface area contributed by atoms with Crippen LogP contribution < -0.4 is 5.73 Å². The minimum atomic E-state index is -4.67. The van der Waals surface area contributed by atoms with E-state index in [9.17, 15) is 9.59 Å². The van der Waals surface area contributed by atoms with Crippen LogP contribution in [-0.2, 0) is 20.0 Å². The lowest BCUT2D eigenvalue weighted by atomic mass is 10.1. The number of nitrogens with two attached hydrogens (primary N) is 1. The van der Waals surface area contributed by atoms with Gasteiger partial charge in [0, 0.05) is 11.0 Å². The Hall–Kier alpha value is -1.27. The largest absolute Gasteiger partial charge is 0.480 e. The fourth-order valence-corrected chi connectivity index (χ4v) is 0.321. The molecule has 0 saturated carbocycles. The van der Waals surface area contributed by atoms with Gasteiger partial charge in [-0.25, -0.2) is 4.79 Å². The minimum Gasteiger partial charge on any atom is -0.480 e. The predicted octanol–water partition coefficient (Wildman–Crippen LogP) is 0.126. The zero-order chi connectivity index (χ0) is 26.7. The van der Waals surface area contributed by atoms with Gasteiger partial charge in [-0.05, 0) is 11.8 Å². The molecular formula is C11H27NO9S. The summed E-state index contributed by atoms with van der Waals surface area (Å²) in [7, 11) is -4.67. The van der Waals surface area contributed by atoms with E-state index in [4.69, 9.17) is 52.3 Å². The molecule has 0 aliphatic rings. The minimum absolute atomic E-state index is 0. The van der Waals surface area contributed by atoms with E-state index in [1.54, 1.807) is 0 Å². The summed E-state index contributed by atoms with van der Waals surface area (Å²) in [6.45, 7) is -4.47. The maximum absolute atomic E-state index is 10.4. The van der Waals surface area contributed by atoms with Crippen LogP contribution in [0.3, 0.4) is 0 Å². The van der Waals surface area contributed by atoms with Crippen LogP contribution >= 0.6 is 0 Å². The van der Waals surface area contributed by atoms with Gasteiger partial charge in [0.1, 0.15) is 6.02 Å². The van der Waals surface area contributed by atoms with Crippen LogP contribution in [0.4, 0.5) is 0 Å². The molecule has 2 unspecified atom stereocenters. The normalized spacial score (nSPS) is 28.8. The van der Waals surface area contributed by atoms with Gasteiger partial charge in [0.15, 0.2) is 6.08 Å². The lowest BCUT2D eigenvalue weighted by Gasteiger charge is -2.07. The van der Waals surface area contributed by atoms with Crippen molar-refractivity contribution in [2.75, 3.05) is 0 Å². The van der Waals surface area contributed by atoms with E-state index in [1.165, 1.54) is 0 Å². The third-order valence-corrected chi connectivity index (χ3v) is 1.19. The molecule has 0 bridgehead atoms. The van der Waals surface area contributed by atoms with Crippen LogP contribution in [0, 0.1) is 11.8 Å². The zero-order valence-corrected chi connectivity index (χ0v) is 11.7. The Morgan fingerprint density at radius 1 is 1.09 bits per heavy atom. The first kappa shape index (κ1) is 11.3. The second kappa shape index (κ2) is 13.4. The van der Waals surface area contributed by atoms with Gasteiger partial charge < -0.3 is 21.1 Å². The van der Waals surface area contributed by atoms with Crippen LogP contribution in [0.15, 0.2) is 0 Å². The first-order valence-electron chi connectivity index (χ1n) is 9.57. The number of rotatable bonds is 4. The number of carboxylic acids is 2. The molecule has 0 radical (unpaired) electrons. The molecule has 0 heterocycles. The highest BCUT2D eigenvalue weighted by atomic mass is 32.3. The Balaban J connectivity index is -0.000000198. The molecule has 7 N–H and O–H groups in total. The van der Waals surface area contributed by atoms with Crippen molar-refractivity contribution in [2.24, 2.45) is 17.5 Å². The third kappa shape index (κ3) is 27.1. The third-order valence-electron chi connectivity index (χ3n) is 1.19. The van der Waals surface area contributed by atoms with E-state index in [-0.39, 0.29) is 7.43 Å². The molecule has 0 aliphatic carbocycles. The van der Waals surface area contributed by atoms with Crippen molar-refractivity contribution in [3.63, 3.8) is 0 Å². The molecule has 10 nitrogen and oxygen atoms in total. The van der Waals surface area contributed by atoms with E-state index in [1.807, 2.05) is 0 Å². The first-order chi connectivity index (χ1) is 12.9. The molecule has 136 valence electrons. The Labute approximate surface area is 144 Å². The van der Waals surface area contributed by atoms with Gasteiger partial charge in [-0.3, -0.25) is 13.9 Å². The van der Waals surface area contributed by atoms with Gasteiger partial charge in [0.2, 0.25) is 0 Å². The fraction of sp³-hybridized carbons (Fsp3) is 0.818. The number of hydrogen-bond acceptors (Lipinski definition) is 6. The Bertz CT molecular complexity index is 688. The lowest BCUT2D eigenvalue weighted by Crippen LogP contribution is -2.34. The summed E-state index contributed by atoms with van der Waals surface area (Å²) in [4.78, 5) is 20.7. The maximum Gasteiger partial charge on any atom is 0.394 e. The van der Waals surface area contributed by atoms with Crippen molar-refractivity contribution < 1.29 is 56.1 Å². The summed E-state index contributed by atoms with van der Waals surface area (Å²) in [6, 6.07) is -2.85. The summed E-state index contributed by atoms with van der Waals surface area (Å²) in [5, 5.41) is 25.8. The summed E-state index contributed by atoms with van der Waals surface area (Å²) in [5.74, 6) is -9.21. The molecule has 0 fully saturated rings. The summed E-state index contributed by atoms with van der Waals surface area (Å²) < 4.78 is 101.